The molecule has 20 heavy (non-hydrogen) atoms. The fourth-order valence-electron chi connectivity index (χ4n) is 1.94. The molecular formula is C15H19N3OS. The molecule has 2 N–H and O–H groups in total. The van der Waals surface area contributed by atoms with Crippen LogP contribution in [0, 0.1) is 13.8 Å². The number of amides is 1. The second-order valence-electron chi connectivity index (χ2n) is 4.87. The number of anilines is 2. The average Bonchev–Trinajstić information content (AvgIpc) is 2.79. The molecule has 0 fully saturated rings. The first-order chi connectivity index (χ1) is 9.45. The molecule has 1 atom stereocenters. The Labute approximate surface area is 123 Å². The van der Waals surface area contributed by atoms with E-state index < -0.39 is 0 Å². The monoisotopic (exact) mass is 289 g/mol. The number of nitrogens with one attached hydrogen (secondary N) is 2. The summed E-state index contributed by atoms with van der Waals surface area (Å²) in [6.45, 7) is 7.57. The number of aromatic nitrogens is 1. The summed E-state index contributed by atoms with van der Waals surface area (Å²) in [7, 11) is 0. The lowest BCUT2D eigenvalue weighted by Crippen LogP contribution is -2.10. The van der Waals surface area contributed by atoms with Crippen LogP contribution in [0.1, 0.15) is 36.2 Å². The summed E-state index contributed by atoms with van der Waals surface area (Å²) in [6.07, 6.45) is 0. The number of nitrogens with zero attached hydrogens (tertiary/aromatic N) is 1. The highest BCUT2D eigenvalue weighted by Crippen LogP contribution is 2.25. The molecule has 2 rings (SSSR count). The fourth-order valence-corrected chi connectivity index (χ4v) is 2.65. The van der Waals surface area contributed by atoms with Crippen LogP contribution in [0.4, 0.5) is 11.4 Å². The standard InChI is InChI=1S/C15H19N3OS/c1-9-5-6-13(7-14(9)17-11(3)19)16-10(2)15-8-20-12(4)18-15/h5-8,10,16H,1-4H3,(H,17,19). The first kappa shape index (κ1) is 14.5. The van der Waals surface area contributed by atoms with Crippen LogP contribution in [-0.2, 0) is 4.79 Å². The maximum Gasteiger partial charge on any atom is 0.221 e. The van der Waals surface area contributed by atoms with Crippen molar-refractivity contribution in [3.05, 3.63) is 39.8 Å². The zero-order chi connectivity index (χ0) is 14.7. The Morgan fingerprint density at radius 3 is 2.70 bits per heavy atom. The van der Waals surface area contributed by atoms with Gasteiger partial charge < -0.3 is 10.6 Å². The minimum atomic E-state index is -0.0616. The molecule has 4 nitrogen and oxygen atoms in total. The predicted octanol–water partition coefficient (Wildman–Crippen LogP) is 3.89. The summed E-state index contributed by atoms with van der Waals surface area (Å²) in [6, 6.07) is 6.09. The van der Waals surface area contributed by atoms with Crippen LogP contribution in [0.2, 0.25) is 0 Å². The molecule has 5 heteroatoms. The Bertz CT molecular complexity index is 621. The van der Waals surface area contributed by atoms with Gasteiger partial charge in [0.1, 0.15) is 0 Å². The molecule has 1 amide bonds. The van der Waals surface area contributed by atoms with Gasteiger partial charge in [0.25, 0.3) is 0 Å². The molecule has 0 aliphatic carbocycles. The number of carbonyl (C=O) groups is 1. The van der Waals surface area contributed by atoms with E-state index in [0.717, 1.165) is 27.6 Å². The number of carbonyl (C=O) groups excluding carboxylic acids is 1. The van der Waals surface area contributed by atoms with Crippen LogP contribution in [-0.4, -0.2) is 10.9 Å². The van der Waals surface area contributed by atoms with E-state index in [2.05, 4.69) is 27.9 Å². The van der Waals surface area contributed by atoms with Gasteiger partial charge in [-0.1, -0.05) is 6.07 Å². The van der Waals surface area contributed by atoms with E-state index in [4.69, 9.17) is 0 Å². The van der Waals surface area contributed by atoms with E-state index >= 15 is 0 Å². The quantitative estimate of drug-likeness (QED) is 0.897. The van der Waals surface area contributed by atoms with Crippen LogP contribution >= 0.6 is 11.3 Å². The normalized spacial score (nSPS) is 12.0. The molecule has 0 saturated heterocycles. The number of hydrogen-bond donors (Lipinski definition) is 2. The maximum absolute atomic E-state index is 11.2. The van der Waals surface area contributed by atoms with Crippen LogP contribution in [0.25, 0.3) is 0 Å². The number of hydrogen-bond acceptors (Lipinski definition) is 4. The average molecular weight is 289 g/mol. The lowest BCUT2D eigenvalue weighted by atomic mass is 10.1. The van der Waals surface area contributed by atoms with Crippen molar-refractivity contribution >= 4 is 28.6 Å². The van der Waals surface area contributed by atoms with Gasteiger partial charge >= 0.3 is 0 Å². The predicted molar refractivity (Wildman–Crippen MR) is 84.4 cm³/mol. The number of aryl methyl sites for hydroxylation is 2. The van der Waals surface area contributed by atoms with Crippen LogP contribution in [0.15, 0.2) is 23.6 Å². The highest BCUT2D eigenvalue weighted by molar-refractivity contribution is 7.09. The van der Waals surface area contributed by atoms with Gasteiger partial charge in [0.15, 0.2) is 0 Å². The van der Waals surface area contributed by atoms with E-state index in [-0.39, 0.29) is 11.9 Å². The van der Waals surface area contributed by atoms with Gasteiger partial charge in [-0.15, -0.1) is 11.3 Å². The molecule has 1 heterocycles. The van der Waals surface area contributed by atoms with E-state index in [9.17, 15) is 4.79 Å². The van der Waals surface area contributed by atoms with Gasteiger partial charge in [-0.25, -0.2) is 4.98 Å². The fraction of sp³-hybridized carbons (Fsp3) is 0.333. The molecular weight excluding hydrogens is 270 g/mol. The van der Waals surface area contributed by atoms with Gasteiger partial charge in [0.05, 0.1) is 16.7 Å². The maximum atomic E-state index is 11.2. The van der Waals surface area contributed by atoms with Crippen molar-refractivity contribution in [3.8, 4) is 0 Å². The second-order valence-corrected chi connectivity index (χ2v) is 5.93. The SMILES string of the molecule is CC(=O)Nc1cc(NC(C)c2csc(C)n2)ccc1C. The van der Waals surface area contributed by atoms with E-state index in [1.165, 1.54) is 6.92 Å². The van der Waals surface area contributed by atoms with Crippen molar-refractivity contribution < 1.29 is 4.79 Å². The molecule has 0 saturated carbocycles. The zero-order valence-corrected chi connectivity index (χ0v) is 13.0. The molecule has 0 spiro atoms. The van der Waals surface area contributed by atoms with Crippen molar-refractivity contribution in [2.24, 2.45) is 0 Å². The number of thiazole rings is 1. The topological polar surface area (TPSA) is 54.0 Å². The minimum absolute atomic E-state index is 0.0616. The molecule has 0 aliphatic rings. The number of benzene rings is 1. The van der Waals surface area contributed by atoms with Crippen LogP contribution in [0.3, 0.4) is 0 Å². The Morgan fingerprint density at radius 2 is 2.10 bits per heavy atom. The van der Waals surface area contributed by atoms with Crippen LogP contribution < -0.4 is 10.6 Å². The molecule has 1 unspecified atom stereocenters. The van der Waals surface area contributed by atoms with Gasteiger partial charge in [0, 0.05) is 23.7 Å². The van der Waals surface area contributed by atoms with E-state index in [1.807, 2.05) is 32.0 Å². The molecule has 1 aromatic carbocycles. The lowest BCUT2D eigenvalue weighted by Gasteiger charge is -2.15. The summed E-state index contributed by atoms with van der Waals surface area (Å²) >= 11 is 1.65. The zero-order valence-electron chi connectivity index (χ0n) is 12.2. The van der Waals surface area contributed by atoms with Gasteiger partial charge in [0.2, 0.25) is 5.91 Å². The van der Waals surface area contributed by atoms with Crippen molar-refractivity contribution in [2.45, 2.75) is 33.7 Å². The second kappa shape index (κ2) is 6.05. The molecule has 0 radical (unpaired) electrons. The molecule has 0 bridgehead atoms. The van der Waals surface area contributed by atoms with Crippen LogP contribution in [0.5, 0.6) is 0 Å². The van der Waals surface area contributed by atoms with E-state index in [1.54, 1.807) is 11.3 Å². The Balaban J connectivity index is 2.15. The Hall–Kier alpha value is -1.88. The van der Waals surface area contributed by atoms with Crippen molar-refractivity contribution in [1.29, 1.82) is 0 Å². The molecule has 2 aromatic rings. The molecule has 106 valence electrons. The third kappa shape index (κ3) is 3.57. The van der Waals surface area contributed by atoms with Gasteiger partial charge in [-0.05, 0) is 38.5 Å². The lowest BCUT2D eigenvalue weighted by molar-refractivity contribution is -0.114. The Kier molecular flexibility index (Phi) is 4.39. The first-order valence-electron chi connectivity index (χ1n) is 6.52. The Morgan fingerprint density at radius 1 is 1.35 bits per heavy atom. The summed E-state index contributed by atoms with van der Waals surface area (Å²) in [5.41, 5.74) is 3.89. The highest BCUT2D eigenvalue weighted by atomic mass is 32.1. The third-order valence-corrected chi connectivity index (χ3v) is 3.80. The number of rotatable bonds is 4. The summed E-state index contributed by atoms with van der Waals surface area (Å²) in [5, 5.41) is 9.37. The first-order valence-corrected chi connectivity index (χ1v) is 7.40. The summed E-state index contributed by atoms with van der Waals surface area (Å²) < 4.78 is 0. The summed E-state index contributed by atoms with van der Waals surface area (Å²) in [4.78, 5) is 15.7. The summed E-state index contributed by atoms with van der Waals surface area (Å²) in [5.74, 6) is -0.0616. The smallest absolute Gasteiger partial charge is 0.221 e. The van der Waals surface area contributed by atoms with Crippen molar-refractivity contribution in [2.75, 3.05) is 10.6 Å². The third-order valence-electron chi connectivity index (χ3n) is 3.01. The van der Waals surface area contributed by atoms with Gasteiger partial charge in [-0.3, -0.25) is 4.79 Å². The van der Waals surface area contributed by atoms with Gasteiger partial charge in [-0.2, -0.15) is 0 Å². The minimum Gasteiger partial charge on any atom is -0.377 e. The largest absolute Gasteiger partial charge is 0.377 e. The van der Waals surface area contributed by atoms with Crippen molar-refractivity contribution in [1.82, 2.24) is 4.98 Å². The molecule has 0 aliphatic heterocycles. The highest BCUT2D eigenvalue weighted by Gasteiger charge is 2.10. The molecule has 1 aromatic heterocycles. The van der Waals surface area contributed by atoms with E-state index in [0.29, 0.717) is 0 Å². The van der Waals surface area contributed by atoms with Crippen molar-refractivity contribution in [3.63, 3.8) is 0 Å².